The quantitative estimate of drug-likeness (QED) is 0.497. The Kier molecular flexibility index (Phi) is 6.99. The molecule has 0 fully saturated rings. The number of benzene rings is 2. The van der Waals surface area contributed by atoms with Gasteiger partial charge in [0, 0.05) is 13.1 Å². The third-order valence-corrected chi connectivity index (χ3v) is 5.62. The van der Waals surface area contributed by atoms with Gasteiger partial charge in [-0.05, 0) is 29.6 Å². The first-order valence-electron chi connectivity index (χ1n) is 9.60. The standard InChI is InChI=1S/C22H23N5O3S/c1-14(21(29)25-12-15-8-4-2-5-9-15)27(13-16-10-6-3-7-11-16)22(30)19-17(23)18(20(24)28)26-31-19/h2-11,14H,12-13,23H2,1H3,(H2,24,28)(H,25,29)/t14-/m0/s1. The number of rotatable bonds is 8. The summed E-state index contributed by atoms with van der Waals surface area (Å²) in [5.41, 5.74) is 12.8. The zero-order chi connectivity index (χ0) is 22.4. The molecular weight excluding hydrogens is 414 g/mol. The molecule has 8 nitrogen and oxygen atoms in total. The van der Waals surface area contributed by atoms with Crippen LogP contribution in [-0.4, -0.2) is 33.0 Å². The fourth-order valence-electron chi connectivity index (χ4n) is 3.00. The molecule has 9 heteroatoms. The number of nitrogens with two attached hydrogens (primary N) is 2. The Morgan fingerprint density at radius 2 is 1.61 bits per heavy atom. The summed E-state index contributed by atoms with van der Waals surface area (Å²) in [6, 6.07) is 18.0. The highest BCUT2D eigenvalue weighted by molar-refractivity contribution is 7.09. The summed E-state index contributed by atoms with van der Waals surface area (Å²) in [5.74, 6) is -1.61. The molecule has 0 unspecified atom stereocenters. The Morgan fingerprint density at radius 3 is 2.16 bits per heavy atom. The summed E-state index contributed by atoms with van der Waals surface area (Å²) in [6.45, 7) is 2.17. The minimum atomic E-state index is -0.809. The molecule has 2 aromatic carbocycles. The summed E-state index contributed by atoms with van der Waals surface area (Å²) < 4.78 is 3.90. The zero-order valence-electron chi connectivity index (χ0n) is 16.9. The van der Waals surface area contributed by atoms with Crippen molar-refractivity contribution >= 4 is 34.9 Å². The number of amides is 3. The number of anilines is 1. The van der Waals surface area contributed by atoms with Gasteiger partial charge in [-0.2, -0.15) is 4.37 Å². The first-order chi connectivity index (χ1) is 14.9. The molecule has 0 aliphatic carbocycles. The maximum Gasteiger partial charge on any atom is 0.270 e. The maximum absolute atomic E-state index is 13.3. The van der Waals surface area contributed by atoms with E-state index in [0.29, 0.717) is 6.54 Å². The van der Waals surface area contributed by atoms with E-state index in [2.05, 4.69) is 9.69 Å². The fraction of sp³-hybridized carbons (Fsp3) is 0.182. The predicted molar refractivity (Wildman–Crippen MR) is 119 cm³/mol. The van der Waals surface area contributed by atoms with Gasteiger partial charge in [-0.1, -0.05) is 60.7 Å². The van der Waals surface area contributed by atoms with Gasteiger partial charge in [0.05, 0.1) is 5.69 Å². The van der Waals surface area contributed by atoms with Gasteiger partial charge >= 0.3 is 0 Å². The first-order valence-corrected chi connectivity index (χ1v) is 10.4. The Morgan fingerprint density at radius 1 is 1.03 bits per heavy atom. The van der Waals surface area contributed by atoms with Crippen LogP contribution in [0.2, 0.25) is 0 Å². The SMILES string of the molecule is C[C@@H](C(=O)NCc1ccccc1)N(Cc1ccccc1)C(=O)c1snc(C(N)=O)c1N. The van der Waals surface area contributed by atoms with Crippen molar-refractivity contribution in [2.24, 2.45) is 5.73 Å². The predicted octanol–water partition coefficient (Wildman–Crippen LogP) is 2.17. The van der Waals surface area contributed by atoms with Crippen molar-refractivity contribution in [3.8, 4) is 0 Å². The van der Waals surface area contributed by atoms with Crippen molar-refractivity contribution in [2.45, 2.75) is 26.1 Å². The van der Waals surface area contributed by atoms with Crippen LogP contribution in [0.25, 0.3) is 0 Å². The molecule has 0 spiro atoms. The van der Waals surface area contributed by atoms with Crippen molar-refractivity contribution in [3.05, 3.63) is 82.4 Å². The lowest BCUT2D eigenvalue weighted by Crippen LogP contribution is -2.47. The van der Waals surface area contributed by atoms with Crippen LogP contribution in [0.1, 0.15) is 38.2 Å². The number of nitrogen functional groups attached to an aromatic ring is 1. The first kappa shape index (κ1) is 22.0. The van der Waals surface area contributed by atoms with Crippen LogP contribution < -0.4 is 16.8 Å². The average Bonchev–Trinajstić information content (AvgIpc) is 3.18. The minimum absolute atomic E-state index is 0.0718. The van der Waals surface area contributed by atoms with Crippen LogP contribution in [0.5, 0.6) is 0 Å². The van der Waals surface area contributed by atoms with E-state index < -0.39 is 17.9 Å². The molecule has 5 N–H and O–H groups in total. The van der Waals surface area contributed by atoms with Crippen molar-refractivity contribution < 1.29 is 14.4 Å². The van der Waals surface area contributed by atoms with Crippen molar-refractivity contribution in [1.29, 1.82) is 0 Å². The van der Waals surface area contributed by atoms with E-state index in [0.717, 1.165) is 22.7 Å². The second-order valence-corrected chi connectivity index (χ2v) is 7.71. The monoisotopic (exact) mass is 437 g/mol. The molecule has 1 aromatic heterocycles. The van der Waals surface area contributed by atoms with E-state index in [4.69, 9.17) is 11.5 Å². The van der Waals surface area contributed by atoms with E-state index in [-0.39, 0.29) is 28.7 Å². The van der Waals surface area contributed by atoms with Crippen LogP contribution in [0.4, 0.5) is 5.69 Å². The number of primary amides is 1. The third-order valence-electron chi connectivity index (χ3n) is 4.77. The molecule has 160 valence electrons. The van der Waals surface area contributed by atoms with Crippen molar-refractivity contribution in [2.75, 3.05) is 5.73 Å². The summed E-state index contributed by atoms with van der Waals surface area (Å²) in [4.78, 5) is 39.1. The smallest absolute Gasteiger partial charge is 0.270 e. The van der Waals surface area contributed by atoms with Crippen molar-refractivity contribution in [3.63, 3.8) is 0 Å². The molecular formula is C22H23N5O3S. The van der Waals surface area contributed by atoms with Gasteiger partial charge in [-0.15, -0.1) is 0 Å². The number of nitrogens with zero attached hydrogens (tertiary/aromatic N) is 2. The van der Waals surface area contributed by atoms with Gasteiger partial charge in [0.2, 0.25) is 5.91 Å². The molecule has 31 heavy (non-hydrogen) atoms. The Balaban J connectivity index is 1.84. The van der Waals surface area contributed by atoms with Crippen LogP contribution in [-0.2, 0) is 17.9 Å². The van der Waals surface area contributed by atoms with Gasteiger partial charge in [0.25, 0.3) is 11.8 Å². The third kappa shape index (κ3) is 5.26. The lowest BCUT2D eigenvalue weighted by Gasteiger charge is -2.28. The molecule has 0 bridgehead atoms. The number of hydrogen-bond acceptors (Lipinski definition) is 6. The number of carbonyl (C=O) groups is 3. The summed E-state index contributed by atoms with van der Waals surface area (Å²) in [5, 5.41) is 2.86. The van der Waals surface area contributed by atoms with Gasteiger partial charge in [0.1, 0.15) is 10.9 Å². The van der Waals surface area contributed by atoms with Gasteiger partial charge in [-0.3, -0.25) is 14.4 Å². The molecule has 1 atom stereocenters. The Labute approximate surface area is 184 Å². The maximum atomic E-state index is 13.3. The normalized spacial score (nSPS) is 11.5. The number of carbonyl (C=O) groups excluding carboxylic acids is 3. The number of hydrogen-bond donors (Lipinski definition) is 3. The lowest BCUT2D eigenvalue weighted by atomic mass is 10.1. The molecule has 0 saturated carbocycles. The Bertz CT molecular complexity index is 1070. The highest BCUT2D eigenvalue weighted by Crippen LogP contribution is 2.25. The lowest BCUT2D eigenvalue weighted by molar-refractivity contribution is -0.125. The highest BCUT2D eigenvalue weighted by Gasteiger charge is 2.31. The molecule has 3 rings (SSSR count). The topological polar surface area (TPSA) is 131 Å². The van der Waals surface area contributed by atoms with E-state index in [1.807, 2.05) is 60.7 Å². The van der Waals surface area contributed by atoms with Gasteiger partial charge < -0.3 is 21.7 Å². The van der Waals surface area contributed by atoms with Crippen molar-refractivity contribution in [1.82, 2.24) is 14.6 Å². The van der Waals surface area contributed by atoms with E-state index in [1.165, 1.54) is 4.90 Å². The molecule has 0 radical (unpaired) electrons. The molecule has 3 aromatic rings. The van der Waals surface area contributed by atoms with Crippen LogP contribution in [0.15, 0.2) is 60.7 Å². The Hall–Kier alpha value is -3.72. The zero-order valence-corrected chi connectivity index (χ0v) is 17.8. The molecule has 0 saturated heterocycles. The second-order valence-electron chi connectivity index (χ2n) is 6.94. The summed E-state index contributed by atoms with van der Waals surface area (Å²) >= 11 is 0.792. The number of aromatic nitrogens is 1. The second kappa shape index (κ2) is 9.86. The van der Waals surface area contributed by atoms with E-state index >= 15 is 0 Å². The van der Waals surface area contributed by atoms with E-state index in [1.54, 1.807) is 6.92 Å². The molecule has 1 heterocycles. The van der Waals surface area contributed by atoms with Gasteiger partial charge in [0.15, 0.2) is 5.69 Å². The summed E-state index contributed by atoms with van der Waals surface area (Å²) in [7, 11) is 0. The van der Waals surface area contributed by atoms with Gasteiger partial charge in [-0.25, -0.2) is 0 Å². The fourth-order valence-corrected chi connectivity index (χ4v) is 3.76. The van der Waals surface area contributed by atoms with Crippen LogP contribution in [0.3, 0.4) is 0 Å². The van der Waals surface area contributed by atoms with Crippen LogP contribution >= 0.6 is 11.5 Å². The molecule has 3 amide bonds. The average molecular weight is 438 g/mol. The minimum Gasteiger partial charge on any atom is -0.395 e. The van der Waals surface area contributed by atoms with E-state index in [9.17, 15) is 14.4 Å². The van der Waals surface area contributed by atoms with Crippen LogP contribution in [0, 0.1) is 0 Å². The molecule has 0 aliphatic heterocycles. The molecule has 0 aliphatic rings. The highest BCUT2D eigenvalue weighted by atomic mass is 32.1. The number of nitrogens with one attached hydrogen (secondary N) is 1. The summed E-state index contributed by atoms with van der Waals surface area (Å²) in [6.07, 6.45) is 0. The largest absolute Gasteiger partial charge is 0.395 e.